The second-order valence-electron chi connectivity index (χ2n) is 5.10. The van der Waals surface area contributed by atoms with Gasteiger partial charge in [-0.3, -0.25) is 9.69 Å². The molecule has 0 aromatic heterocycles. The molecule has 1 fully saturated rings. The van der Waals surface area contributed by atoms with Gasteiger partial charge in [-0.1, -0.05) is 52.3 Å². The molecule has 0 saturated carbocycles. The molecule has 0 bridgehead atoms. The van der Waals surface area contributed by atoms with E-state index < -0.39 is 0 Å². The van der Waals surface area contributed by atoms with E-state index in [0.717, 1.165) is 15.7 Å². The second-order valence-corrected chi connectivity index (χ2v) is 7.02. The van der Waals surface area contributed by atoms with Gasteiger partial charge in [0.05, 0.1) is 10.6 Å². The van der Waals surface area contributed by atoms with E-state index in [1.165, 1.54) is 11.8 Å². The first-order valence-corrected chi connectivity index (χ1v) is 9.00. The Balaban J connectivity index is 1.93. The Bertz CT molecular complexity index is 813. The molecular formula is C19H15BrN2OS. The van der Waals surface area contributed by atoms with Gasteiger partial charge >= 0.3 is 0 Å². The summed E-state index contributed by atoms with van der Waals surface area (Å²) >= 11 is 4.80. The molecular weight excluding hydrogens is 384 g/mol. The smallest absolute Gasteiger partial charge is 0.267 e. The average Bonchev–Trinajstić information content (AvgIpc) is 2.87. The first kappa shape index (κ1) is 16.7. The Morgan fingerprint density at radius 3 is 2.50 bits per heavy atom. The minimum atomic E-state index is -0.0440. The zero-order chi connectivity index (χ0) is 16.9. The minimum Gasteiger partial charge on any atom is -0.283 e. The largest absolute Gasteiger partial charge is 0.283 e. The lowest BCUT2D eigenvalue weighted by atomic mass is 10.2. The number of rotatable bonds is 4. The van der Waals surface area contributed by atoms with Crippen LogP contribution in [-0.2, 0) is 4.79 Å². The Kier molecular flexibility index (Phi) is 5.33. The molecule has 120 valence electrons. The maximum atomic E-state index is 12.7. The number of thioether (sulfide) groups is 1. The van der Waals surface area contributed by atoms with E-state index in [1.54, 1.807) is 11.0 Å². The molecule has 0 unspecified atom stereocenters. The molecule has 1 amide bonds. The lowest BCUT2D eigenvalue weighted by Gasteiger charge is -2.12. The number of nitrogens with zero attached hydrogens (tertiary/aromatic N) is 2. The maximum Gasteiger partial charge on any atom is 0.267 e. The van der Waals surface area contributed by atoms with Gasteiger partial charge in [-0.15, -0.1) is 6.58 Å². The van der Waals surface area contributed by atoms with Crippen molar-refractivity contribution in [1.29, 1.82) is 0 Å². The number of carbonyl (C=O) groups excluding carboxylic acids is 1. The van der Waals surface area contributed by atoms with E-state index in [-0.39, 0.29) is 5.91 Å². The fraction of sp³-hybridized carbons (Fsp3) is 0.0526. The molecule has 5 heteroatoms. The van der Waals surface area contributed by atoms with Gasteiger partial charge in [0.1, 0.15) is 0 Å². The molecule has 3 nitrogen and oxygen atoms in total. The molecule has 24 heavy (non-hydrogen) atoms. The van der Waals surface area contributed by atoms with Gasteiger partial charge in [0.15, 0.2) is 5.17 Å². The fourth-order valence-electron chi connectivity index (χ4n) is 2.20. The monoisotopic (exact) mass is 398 g/mol. The zero-order valence-corrected chi connectivity index (χ0v) is 15.3. The third-order valence-electron chi connectivity index (χ3n) is 3.35. The molecule has 3 rings (SSSR count). The summed E-state index contributed by atoms with van der Waals surface area (Å²) in [6.45, 7) is 4.18. The summed E-state index contributed by atoms with van der Waals surface area (Å²) in [6, 6.07) is 17.5. The molecule has 1 aliphatic heterocycles. The topological polar surface area (TPSA) is 32.7 Å². The number of aliphatic imine (C=N–C) groups is 1. The van der Waals surface area contributed by atoms with Crippen LogP contribution in [0.15, 0.2) is 81.6 Å². The molecule has 2 aromatic rings. The number of amides is 1. The summed E-state index contributed by atoms with van der Waals surface area (Å²) in [5.74, 6) is -0.0440. The van der Waals surface area contributed by atoms with Crippen LogP contribution in [0.1, 0.15) is 5.56 Å². The number of halogens is 1. The third-order valence-corrected chi connectivity index (χ3v) is 4.88. The molecule has 0 aliphatic carbocycles. The minimum absolute atomic E-state index is 0.0440. The normalized spacial score (nSPS) is 17.7. The quantitative estimate of drug-likeness (QED) is 0.520. The number of amidine groups is 1. The lowest BCUT2D eigenvalue weighted by Crippen LogP contribution is -2.29. The van der Waals surface area contributed by atoms with Crippen molar-refractivity contribution in [2.24, 2.45) is 4.99 Å². The molecule has 1 saturated heterocycles. The zero-order valence-electron chi connectivity index (χ0n) is 12.9. The standard InChI is InChI=1S/C19H15BrN2OS/c1-2-12-22-18(23)17(13-14-8-10-15(20)11-9-14)24-19(22)21-16-6-4-3-5-7-16/h2-11,13H,1,12H2. The fourth-order valence-corrected chi connectivity index (χ4v) is 3.48. The van der Waals surface area contributed by atoms with Gasteiger partial charge in [-0.25, -0.2) is 4.99 Å². The Morgan fingerprint density at radius 1 is 1.12 bits per heavy atom. The number of benzene rings is 2. The summed E-state index contributed by atoms with van der Waals surface area (Å²) in [5.41, 5.74) is 1.81. The van der Waals surface area contributed by atoms with Crippen molar-refractivity contribution >= 4 is 50.5 Å². The van der Waals surface area contributed by atoms with Gasteiger partial charge in [0.2, 0.25) is 0 Å². The van der Waals surface area contributed by atoms with Crippen molar-refractivity contribution in [3.05, 3.63) is 82.2 Å². The Labute approximate surface area is 153 Å². The maximum absolute atomic E-state index is 12.7. The molecule has 1 heterocycles. The first-order valence-electron chi connectivity index (χ1n) is 7.39. The second kappa shape index (κ2) is 7.64. The number of carbonyl (C=O) groups is 1. The van der Waals surface area contributed by atoms with Gasteiger partial charge in [-0.05, 0) is 47.7 Å². The van der Waals surface area contributed by atoms with Crippen LogP contribution in [0, 0.1) is 0 Å². The van der Waals surface area contributed by atoms with Crippen molar-refractivity contribution < 1.29 is 4.79 Å². The Hall–Kier alpha value is -2.11. The van der Waals surface area contributed by atoms with E-state index >= 15 is 0 Å². The predicted molar refractivity (Wildman–Crippen MR) is 105 cm³/mol. The van der Waals surface area contributed by atoms with E-state index in [0.29, 0.717) is 16.6 Å². The van der Waals surface area contributed by atoms with Crippen LogP contribution in [-0.4, -0.2) is 22.5 Å². The molecule has 0 atom stereocenters. The first-order chi connectivity index (χ1) is 11.7. The number of para-hydroxylation sites is 1. The van der Waals surface area contributed by atoms with Crippen molar-refractivity contribution in [2.45, 2.75) is 0 Å². The van der Waals surface area contributed by atoms with Gasteiger partial charge in [0, 0.05) is 11.0 Å². The van der Waals surface area contributed by atoms with Gasteiger partial charge in [0.25, 0.3) is 5.91 Å². The van der Waals surface area contributed by atoms with Crippen LogP contribution >= 0.6 is 27.7 Å². The van der Waals surface area contributed by atoms with E-state index in [2.05, 4.69) is 27.5 Å². The summed E-state index contributed by atoms with van der Waals surface area (Å²) < 4.78 is 1.01. The van der Waals surface area contributed by atoms with Crippen LogP contribution in [0.5, 0.6) is 0 Å². The molecule has 2 aromatic carbocycles. The molecule has 1 aliphatic rings. The SMILES string of the molecule is C=CCN1C(=O)C(=Cc2ccc(Br)cc2)SC1=Nc1ccccc1. The number of hydrogen-bond donors (Lipinski definition) is 0. The van der Waals surface area contributed by atoms with Crippen LogP contribution in [0.25, 0.3) is 6.08 Å². The highest BCUT2D eigenvalue weighted by Crippen LogP contribution is 2.34. The van der Waals surface area contributed by atoms with Crippen LogP contribution < -0.4 is 0 Å². The summed E-state index contributed by atoms with van der Waals surface area (Å²) in [6.07, 6.45) is 3.60. The highest BCUT2D eigenvalue weighted by Gasteiger charge is 2.32. The van der Waals surface area contributed by atoms with E-state index in [9.17, 15) is 4.79 Å². The van der Waals surface area contributed by atoms with Crippen LogP contribution in [0.4, 0.5) is 5.69 Å². The number of hydrogen-bond acceptors (Lipinski definition) is 3. The molecule has 0 N–H and O–H groups in total. The third kappa shape index (κ3) is 3.86. The lowest BCUT2D eigenvalue weighted by molar-refractivity contribution is -0.121. The van der Waals surface area contributed by atoms with Crippen molar-refractivity contribution in [1.82, 2.24) is 4.90 Å². The highest BCUT2D eigenvalue weighted by atomic mass is 79.9. The summed E-state index contributed by atoms with van der Waals surface area (Å²) in [7, 11) is 0. The van der Waals surface area contributed by atoms with E-state index in [4.69, 9.17) is 0 Å². The van der Waals surface area contributed by atoms with Gasteiger partial charge < -0.3 is 0 Å². The summed E-state index contributed by atoms with van der Waals surface area (Å²) in [5, 5.41) is 0.675. The molecule has 0 radical (unpaired) electrons. The van der Waals surface area contributed by atoms with Crippen molar-refractivity contribution in [2.75, 3.05) is 6.54 Å². The van der Waals surface area contributed by atoms with Crippen LogP contribution in [0.3, 0.4) is 0 Å². The Morgan fingerprint density at radius 2 is 1.83 bits per heavy atom. The van der Waals surface area contributed by atoms with E-state index in [1.807, 2.05) is 60.7 Å². The van der Waals surface area contributed by atoms with Crippen molar-refractivity contribution in [3.63, 3.8) is 0 Å². The van der Waals surface area contributed by atoms with Gasteiger partial charge in [-0.2, -0.15) is 0 Å². The predicted octanol–water partition coefficient (Wildman–Crippen LogP) is 5.24. The average molecular weight is 399 g/mol. The summed E-state index contributed by atoms with van der Waals surface area (Å²) in [4.78, 5) is 19.6. The highest BCUT2D eigenvalue weighted by molar-refractivity contribution is 9.10. The molecule has 0 spiro atoms. The van der Waals surface area contributed by atoms with Crippen molar-refractivity contribution in [3.8, 4) is 0 Å². The van der Waals surface area contributed by atoms with Crippen LogP contribution in [0.2, 0.25) is 0 Å².